The third kappa shape index (κ3) is 4.05. The van der Waals surface area contributed by atoms with Crippen molar-refractivity contribution in [2.24, 2.45) is 0 Å². The molecule has 0 radical (unpaired) electrons. The summed E-state index contributed by atoms with van der Waals surface area (Å²) >= 11 is 0. The van der Waals surface area contributed by atoms with Crippen LogP contribution in [0.25, 0.3) is 0 Å². The highest BCUT2D eigenvalue weighted by molar-refractivity contribution is 6.00. The zero-order valence-electron chi connectivity index (χ0n) is 16.5. The average Bonchev–Trinajstić information content (AvgIpc) is 2.62. The smallest absolute Gasteiger partial charge is 0.336 e. The summed E-state index contributed by atoms with van der Waals surface area (Å²) in [4.78, 5) is 24.4. The van der Waals surface area contributed by atoms with E-state index in [-0.39, 0.29) is 11.5 Å². The molecule has 0 bridgehead atoms. The summed E-state index contributed by atoms with van der Waals surface area (Å²) in [6.45, 7) is 7.16. The first-order chi connectivity index (χ1) is 12.6. The first-order valence-corrected chi connectivity index (χ1v) is 8.50. The molecule has 0 aliphatic heterocycles. The molecule has 0 aliphatic rings. The summed E-state index contributed by atoms with van der Waals surface area (Å²) in [5.74, 6) is -0.159. The molecule has 0 heterocycles. The standard InChI is InChI=1S/C21H25NO5/c1-12-9-13(2)16(11-15(12)19(23)24)22-20(25)21(3,4)14-7-8-17(26-5)18(10-14)27-6/h7-11H,1-6H3,(H,22,25)(H,23,24). The van der Waals surface area contributed by atoms with Gasteiger partial charge in [0.25, 0.3) is 0 Å². The van der Waals surface area contributed by atoms with Gasteiger partial charge in [-0.3, -0.25) is 4.79 Å². The van der Waals surface area contributed by atoms with Gasteiger partial charge in [0, 0.05) is 5.69 Å². The van der Waals surface area contributed by atoms with Crippen molar-refractivity contribution in [1.82, 2.24) is 0 Å². The van der Waals surface area contributed by atoms with E-state index in [0.717, 1.165) is 11.1 Å². The number of benzene rings is 2. The van der Waals surface area contributed by atoms with Crippen LogP contribution < -0.4 is 14.8 Å². The van der Waals surface area contributed by atoms with E-state index in [4.69, 9.17) is 9.47 Å². The van der Waals surface area contributed by atoms with E-state index in [1.54, 1.807) is 46.1 Å². The molecule has 6 nitrogen and oxygen atoms in total. The normalized spacial score (nSPS) is 11.0. The minimum absolute atomic E-state index is 0.167. The fourth-order valence-corrected chi connectivity index (χ4v) is 2.85. The second-order valence-corrected chi connectivity index (χ2v) is 6.94. The van der Waals surface area contributed by atoms with E-state index in [1.165, 1.54) is 13.2 Å². The Hall–Kier alpha value is -3.02. The second-order valence-electron chi connectivity index (χ2n) is 6.94. The number of ether oxygens (including phenoxy) is 2. The SMILES string of the molecule is COc1ccc(C(C)(C)C(=O)Nc2cc(C(=O)O)c(C)cc2C)cc1OC. The third-order valence-corrected chi connectivity index (χ3v) is 4.72. The molecule has 27 heavy (non-hydrogen) atoms. The highest BCUT2D eigenvalue weighted by atomic mass is 16.5. The number of carbonyl (C=O) groups is 2. The lowest BCUT2D eigenvalue weighted by Gasteiger charge is -2.26. The number of nitrogens with one attached hydrogen (secondary N) is 1. The Kier molecular flexibility index (Phi) is 5.78. The Morgan fingerprint density at radius 1 is 0.963 bits per heavy atom. The summed E-state index contributed by atoms with van der Waals surface area (Å²) in [6, 6.07) is 8.58. The van der Waals surface area contributed by atoms with Crippen molar-refractivity contribution in [3.05, 3.63) is 52.6 Å². The van der Waals surface area contributed by atoms with Crippen LogP contribution >= 0.6 is 0 Å². The highest BCUT2D eigenvalue weighted by Crippen LogP contribution is 2.34. The number of rotatable bonds is 6. The van der Waals surface area contributed by atoms with E-state index in [0.29, 0.717) is 22.7 Å². The van der Waals surface area contributed by atoms with Gasteiger partial charge in [-0.05, 0) is 62.6 Å². The lowest BCUT2D eigenvalue weighted by molar-refractivity contribution is -0.120. The summed E-state index contributed by atoms with van der Waals surface area (Å²) < 4.78 is 10.6. The lowest BCUT2D eigenvalue weighted by atomic mass is 9.83. The zero-order chi connectivity index (χ0) is 20.4. The molecule has 2 aromatic rings. The van der Waals surface area contributed by atoms with Crippen molar-refractivity contribution in [1.29, 1.82) is 0 Å². The van der Waals surface area contributed by atoms with E-state index in [9.17, 15) is 14.7 Å². The maximum absolute atomic E-state index is 13.0. The van der Waals surface area contributed by atoms with Crippen LogP contribution in [0.5, 0.6) is 11.5 Å². The quantitative estimate of drug-likeness (QED) is 0.803. The third-order valence-electron chi connectivity index (χ3n) is 4.72. The number of carboxylic acids is 1. The number of carbonyl (C=O) groups excluding carboxylic acids is 1. The minimum atomic E-state index is -1.03. The fraction of sp³-hybridized carbons (Fsp3) is 0.333. The molecule has 0 aliphatic carbocycles. The van der Waals surface area contributed by atoms with Gasteiger partial charge in [0.15, 0.2) is 11.5 Å². The van der Waals surface area contributed by atoms with Gasteiger partial charge in [0.05, 0.1) is 25.2 Å². The number of methoxy groups -OCH3 is 2. The van der Waals surface area contributed by atoms with Crippen LogP contribution in [-0.4, -0.2) is 31.2 Å². The molecule has 0 saturated carbocycles. The number of aryl methyl sites for hydroxylation is 2. The molecule has 0 saturated heterocycles. The van der Waals surface area contributed by atoms with Gasteiger partial charge in [-0.25, -0.2) is 4.79 Å². The zero-order valence-corrected chi connectivity index (χ0v) is 16.5. The van der Waals surface area contributed by atoms with Crippen LogP contribution in [-0.2, 0) is 10.2 Å². The van der Waals surface area contributed by atoms with E-state index in [1.807, 2.05) is 13.0 Å². The Labute approximate surface area is 159 Å². The van der Waals surface area contributed by atoms with Crippen LogP contribution in [0.1, 0.15) is 40.9 Å². The van der Waals surface area contributed by atoms with Crippen LogP contribution in [0.2, 0.25) is 0 Å². The van der Waals surface area contributed by atoms with Gasteiger partial charge in [0.2, 0.25) is 5.91 Å². The summed E-state index contributed by atoms with van der Waals surface area (Å²) in [7, 11) is 3.09. The van der Waals surface area contributed by atoms with Gasteiger partial charge in [-0.2, -0.15) is 0 Å². The van der Waals surface area contributed by atoms with Crippen molar-refractivity contribution in [3.8, 4) is 11.5 Å². The Morgan fingerprint density at radius 3 is 2.15 bits per heavy atom. The van der Waals surface area contributed by atoms with Crippen molar-refractivity contribution in [2.45, 2.75) is 33.1 Å². The topological polar surface area (TPSA) is 84.9 Å². The van der Waals surface area contributed by atoms with Crippen molar-refractivity contribution < 1.29 is 24.2 Å². The molecule has 1 amide bonds. The average molecular weight is 371 g/mol. The first-order valence-electron chi connectivity index (χ1n) is 8.50. The molecule has 144 valence electrons. The number of amides is 1. The number of aromatic carboxylic acids is 1. The Balaban J connectivity index is 2.37. The van der Waals surface area contributed by atoms with E-state index < -0.39 is 11.4 Å². The molecule has 2 rings (SSSR count). The maximum atomic E-state index is 13.0. The molecule has 6 heteroatoms. The maximum Gasteiger partial charge on any atom is 0.336 e. The minimum Gasteiger partial charge on any atom is -0.493 e. The van der Waals surface area contributed by atoms with Gasteiger partial charge in [0.1, 0.15) is 0 Å². The van der Waals surface area contributed by atoms with Gasteiger partial charge < -0.3 is 19.9 Å². The number of hydrogen-bond donors (Lipinski definition) is 2. The molecule has 0 unspecified atom stereocenters. The van der Waals surface area contributed by atoms with Crippen molar-refractivity contribution >= 4 is 17.6 Å². The number of hydrogen-bond acceptors (Lipinski definition) is 4. The van der Waals surface area contributed by atoms with E-state index in [2.05, 4.69) is 5.32 Å². The molecule has 2 N–H and O–H groups in total. The second kappa shape index (κ2) is 7.70. The number of anilines is 1. The van der Waals surface area contributed by atoms with E-state index >= 15 is 0 Å². The van der Waals surface area contributed by atoms with Crippen LogP contribution in [0.4, 0.5) is 5.69 Å². The monoisotopic (exact) mass is 371 g/mol. The Bertz CT molecular complexity index is 886. The Morgan fingerprint density at radius 2 is 1.59 bits per heavy atom. The predicted octanol–water partition coefficient (Wildman–Crippen LogP) is 3.94. The van der Waals surface area contributed by atoms with Crippen molar-refractivity contribution in [3.63, 3.8) is 0 Å². The van der Waals surface area contributed by atoms with Gasteiger partial charge >= 0.3 is 5.97 Å². The molecule has 0 fully saturated rings. The first kappa shape index (κ1) is 20.3. The predicted molar refractivity (Wildman–Crippen MR) is 104 cm³/mol. The summed E-state index contributed by atoms with van der Waals surface area (Å²) in [5.41, 5.74) is 1.98. The molecule has 0 spiro atoms. The molecular formula is C21H25NO5. The largest absolute Gasteiger partial charge is 0.493 e. The fourth-order valence-electron chi connectivity index (χ4n) is 2.85. The molecule has 0 atom stereocenters. The molecule has 0 aromatic heterocycles. The van der Waals surface area contributed by atoms with Gasteiger partial charge in [-0.15, -0.1) is 0 Å². The van der Waals surface area contributed by atoms with Gasteiger partial charge in [-0.1, -0.05) is 12.1 Å². The number of carboxylic acid groups (broad SMARTS) is 1. The highest BCUT2D eigenvalue weighted by Gasteiger charge is 2.31. The van der Waals surface area contributed by atoms with Crippen molar-refractivity contribution in [2.75, 3.05) is 19.5 Å². The summed E-state index contributed by atoms with van der Waals surface area (Å²) in [5, 5.41) is 12.2. The van der Waals surface area contributed by atoms with Crippen LogP contribution in [0.3, 0.4) is 0 Å². The molecular weight excluding hydrogens is 346 g/mol. The molecule has 2 aromatic carbocycles. The summed E-state index contributed by atoms with van der Waals surface area (Å²) in [6.07, 6.45) is 0. The van der Waals surface area contributed by atoms with Crippen LogP contribution in [0.15, 0.2) is 30.3 Å². The lowest BCUT2D eigenvalue weighted by Crippen LogP contribution is -2.35. The van der Waals surface area contributed by atoms with Crippen LogP contribution in [0, 0.1) is 13.8 Å².